The number of anilines is 1. The van der Waals surface area contributed by atoms with Gasteiger partial charge in [0.15, 0.2) is 0 Å². The Hall–Kier alpha value is -1.83. The lowest BCUT2D eigenvalue weighted by atomic mass is 9.95. The van der Waals surface area contributed by atoms with Crippen molar-refractivity contribution in [1.82, 2.24) is 4.98 Å². The minimum atomic E-state index is 0.794. The van der Waals surface area contributed by atoms with Gasteiger partial charge in [-0.2, -0.15) is 0 Å². The highest BCUT2D eigenvalue weighted by atomic mass is 14.7. The van der Waals surface area contributed by atoms with E-state index in [0.717, 1.165) is 24.1 Å². The van der Waals surface area contributed by atoms with Crippen LogP contribution in [0.5, 0.6) is 0 Å². The third-order valence-electron chi connectivity index (χ3n) is 3.11. The first-order valence-corrected chi connectivity index (χ1v) is 6.08. The summed E-state index contributed by atoms with van der Waals surface area (Å²) >= 11 is 0. The second-order valence-corrected chi connectivity index (χ2v) is 4.16. The third-order valence-corrected chi connectivity index (χ3v) is 3.11. The lowest BCUT2D eigenvalue weighted by Gasteiger charge is -2.11. The zero-order valence-corrected chi connectivity index (χ0v) is 10.4. The smallest absolute Gasteiger partial charge is 0.0424 e. The number of hydrogen-bond donors (Lipinski definition) is 1. The molecule has 0 aliphatic rings. The highest BCUT2D eigenvalue weighted by molar-refractivity contribution is 5.78. The van der Waals surface area contributed by atoms with Crippen LogP contribution >= 0.6 is 0 Å². The van der Waals surface area contributed by atoms with Gasteiger partial charge >= 0.3 is 0 Å². The summed E-state index contributed by atoms with van der Waals surface area (Å²) in [7, 11) is 0. The molecule has 2 N–H and O–H groups in total. The zero-order chi connectivity index (χ0) is 12.3. The fourth-order valence-electron chi connectivity index (χ4n) is 2.03. The van der Waals surface area contributed by atoms with Gasteiger partial charge in [-0.15, -0.1) is 0 Å². The van der Waals surface area contributed by atoms with Crippen LogP contribution in [0.2, 0.25) is 0 Å². The number of rotatable bonds is 3. The SMILES string of the molecule is CCc1ccc(CC)c(-c2cnccc2N)c1. The Balaban J connectivity index is 2.60. The molecule has 0 saturated carbocycles. The summed E-state index contributed by atoms with van der Waals surface area (Å²) in [6, 6.07) is 8.47. The highest BCUT2D eigenvalue weighted by Crippen LogP contribution is 2.29. The van der Waals surface area contributed by atoms with Crippen LogP contribution in [0.15, 0.2) is 36.7 Å². The van der Waals surface area contributed by atoms with Crippen molar-refractivity contribution < 1.29 is 0 Å². The molecule has 0 aliphatic carbocycles. The van der Waals surface area contributed by atoms with Crippen LogP contribution in [-0.4, -0.2) is 4.98 Å². The average molecular weight is 226 g/mol. The van der Waals surface area contributed by atoms with Gasteiger partial charge in [0.2, 0.25) is 0 Å². The van der Waals surface area contributed by atoms with Crippen LogP contribution in [0, 0.1) is 0 Å². The van der Waals surface area contributed by atoms with E-state index in [9.17, 15) is 0 Å². The van der Waals surface area contributed by atoms with Gasteiger partial charge in [-0.25, -0.2) is 0 Å². The fraction of sp³-hybridized carbons (Fsp3) is 0.267. The van der Waals surface area contributed by atoms with Crippen molar-refractivity contribution in [3.05, 3.63) is 47.8 Å². The molecule has 0 unspecified atom stereocenters. The molecule has 0 radical (unpaired) electrons. The molecular weight excluding hydrogens is 208 g/mol. The third kappa shape index (κ3) is 2.31. The van der Waals surface area contributed by atoms with Crippen LogP contribution in [0.1, 0.15) is 25.0 Å². The molecule has 2 rings (SSSR count). The Labute approximate surface area is 103 Å². The predicted octanol–water partition coefficient (Wildman–Crippen LogP) is 3.46. The van der Waals surface area contributed by atoms with Gasteiger partial charge in [0, 0.05) is 23.6 Å². The van der Waals surface area contributed by atoms with Crippen LogP contribution in [0.3, 0.4) is 0 Å². The van der Waals surface area contributed by atoms with E-state index < -0.39 is 0 Å². The number of nitrogen functional groups attached to an aromatic ring is 1. The normalized spacial score (nSPS) is 10.5. The molecule has 0 atom stereocenters. The summed E-state index contributed by atoms with van der Waals surface area (Å²) in [6.07, 6.45) is 5.63. The molecule has 88 valence electrons. The molecule has 1 aromatic carbocycles. The van der Waals surface area contributed by atoms with E-state index in [1.165, 1.54) is 16.7 Å². The minimum Gasteiger partial charge on any atom is -0.398 e. The fourth-order valence-corrected chi connectivity index (χ4v) is 2.03. The van der Waals surface area contributed by atoms with Gasteiger partial charge < -0.3 is 5.73 Å². The van der Waals surface area contributed by atoms with Gasteiger partial charge in [-0.3, -0.25) is 4.98 Å². The van der Waals surface area contributed by atoms with E-state index in [4.69, 9.17) is 5.73 Å². The second kappa shape index (κ2) is 5.00. The van der Waals surface area contributed by atoms with Crippen LogP contribution < -0.4 is 5.73 Å². The summed E-state index contributed by atoms with van der Waals surface area (Å²) in [4.78, 5) is 4.17. The van der Waals surface area contributed by atoms with Crippen LogP contribution in [-0.2, 0) is 12.8 Å². The predicted molar refractivity (Wildman–Crippen MR) is 72.8 cm³/mol. The maximum Gasteiger partial charge on any atom is 0.0424 e. The van der Waals surface area contributed by atoms with E-state index in [1.807, 2.05) is 12.3 Å². The first kappa shape index (κ1) is 11.6. The molecule has 0 bridgehead atoms. The minimum absolute atomic E-state index is 0.794. The van der Waals surface area contributed by atoms with Crippen molar-refractivity contribution in [3.63, 3.8) is 0 Å². The summed E-state index contributed by atoms with van der Waals surface area (Å²) in [5.41, 5.74) is 11.7. The van der Waals surface area contributed by atoms with Crippen molar-refractivity contribution in [2.75, 3.05) is 5.73 Å². The molecule has 0 aliphatic heterocycles. The maximum atomic E-state index is 6.03. The molecule has 1 aromatic heterocycles. The summed E-state index contributed by atoms with van der Waals surface area (Å²) in [5.74, 6) is 0. The molecule has 0 amide bonds. The summed E-state index contributed by atoms with van der Waals surface area (Å²) in [5, 5.41) is 0. The zero-order valence-electron chi connectivity index (χ0n) is 10.4. The Morgan fingerprint density at radius 3 is 2.53 bits per heavy atom. The van der Waals surface area contributed by atoms with E-state index in [1.54, 1.807) is 6.20 Å². The van der Waals surface area contributed by atoms with Gasteiger partial charge in [-0.05, 0) is 35.6 Å². The molecule has 17 heavy (non-hydrogen) atoms. The molecule has 1 heterocycles. The summed E-state index contributed by atoms with van der Waals surface area (Å²) in [6.45, 7) is 4.33. The average Bonchev–Trinajstić information content (AvgIpc) is 2.38. The second-order valence-electron chi connectivity index (χ2n) is 4.16. The number of benzene rings is 1. The Morgan fingerprint density at radius 1 is 1.06 bits per heavy atom. The number of hydrogen-bond acceptors (Lipinski definition) is 2. The molecule has 2 heteroatoms. The first-order valence-electron chi connectivity index (χ1n) is 6.08. The number of pyridine rings is 1. The van der Waals surface area contributed by atoms with Crippen molar-refractivity contribution >= 4 is 5.69 Å². The Bertz CT molecular complexity index is 518. The number of aromatic nitrogens is 1. The number of nitrogens with two attached hydrogens (primary N) is 1. The molecular formula is C15H18N2. The van der Waals surface area contributed by atoms with E-state index in [-0.39, 0.29) is 0 Å². The standard InChI is InChI=1S/C15H18N2/c1-3-11-5-6-12(4-2)13(9-11)14-10-17-8-7-15(14)16/h5-10H,3-4H2,1-2H3,(H2,16,17). The van der Waals surface area contributed by atoms with Gasteiger partial charge in [0.05, 0.1) is 0 Å². The topological polar surface area (TPSA) is 38.9 Å². The molecule has 0 fully saturated rings. The Kier molecular flexibility index (Phi) is 3.43. The Morgan fingerprint density at radius 2 is 1.88 bits per heavy atom. The van der Waals surface area contributed by atoms with E-state index >= 15 is 0 Å². The van der Waals surface area contributed by atoms with Gasteiger partial charge in [0.25, 0.3) is 0 Å². The van der Waals surface area contributed by atoms with Crippen molar-refractivity contribution in [3.8, 4) is 11.1 Å². The lowest BCUT2D eigenvalue weighted by molar-refractivity contribution is 1.10. The molecule has 2 aromatic rings. The van der Waals surface area contributed by atoms with Crippen molar-refractivity contribution in [1.29, 1.82) is 0 Å². The van der Waals surface area contributed by atoms with Gasteiger partial charge in [-0.1, -0.05) is 32.0 Å². The van der Waals surface area contributed by atoms with E-state index in [0.29, 0.717) is 0 Å². The maximum absolute atomic E-state index is 6.03. The van der Waals surface area contributed by atoms with Crippen molar-refractivity contribution in [2.45, 2.75) is 26.7 Å². The van der Waals surface area contributed by atoms with Gasteiger partial charge in [0.1, 0.15) is 0 Å². The summed E-state index contributed by atoms with van der Waals surface area (Å²) < 4.78 is 0. The number of aryl methyl sites for hydroxylation is 2. The van der Waals surface area contributed by atoms with Crippen molar-refractivity contribution in [2.24, 2.45) is 0 Å². The van der Waals surface area contributed by atoms with Crippen LogP contribution in [0.25, 0.3) is 11.1 Å². The monoisotopic (exact) mass is 226 g/mol. The lowest BCUT2D eigenvalue weighted by Crippen LogP contribution is -1.95. The highest BCUT2D eigenvalue weighted by Gasteiger charge is 2.07. The quantitative estimate of drug-likeness (QED) is 0.870. The molecule has 2 nitrogen and oxygen atoms in total. The molecule has 0 saturated heterocycles. The van der Waals surface area contributed by atoms with Crippen LogP contribution in [0.4, 0.5) is 5.69 Å². The van der Waals surface area contributed by atoms with E-state index in [2.05, 4.69) is 37.0 Å². The molecule has 0 spiro atoms. The largest absolute Gasteiger partial charge is 0.398 e. The first-order chi connectivity index (χ1) is 8.26. The number of nitrogens with zero attached hydrogens (tertiary/aromatic N) is 1.